The van der Waals surface area contributed by atoms with Crippen molar-refractivity contribution in [2.75, 3.05) is 12.4 Å². The van der Waals surface area contributed by atoms with Gasteiger partial charge in [0.25, 0.3) is 0 Å². The summed E-state index contributed by atoms with van der Waals surface area (Å²) in [5, 5.41) is 2.91. The smallest absolute Gasteiger partial charge is 0.146 e. The van der Waals surface area contributed by atoms with Gasteiger partial charge >= 0.3 is 0 Å². The zero-order valence-electron chi connectivity index (χ0n) is 9.38. The molecule has 0 unspecified atom stereocenters. The second-order valence-corrected chi connectivity index (χ2v) is 5.22. The number of rotatable bonds is 3. The highest BCUT2D eigenvalue weighted by atomic mass is 79.9. The maximum absolute atomic E-state index is 13.6. The fraction of sp³-hybridized carbons (Fsp3) is 0.0833. The van der Waals surface area contributed by atoms with Gasteiger partial charge in [0.2, 0.25) is 0 Å². The fourth-order valence-corrected chi connectivity index (χ4v) is 2.45. The maximum Gasteiger partial charge on any atom is 0.146 e. The predicted molar refractivity (Wildman–Crippen MR) is 75.9 cm³/mol. The fourth-order valence-electron chi connectivity index (χ4n) is 1.36. The van der Waals surface area contributed by atoms with E-state index in [2.05, 4.69) is 42.2 Å². The summed E-state index contributed by atoms with van der Waals surface area (Å²) in [4.78, 5) is 4.16. The van der Waals surface area contributed by atoms with Crippen LogP contribution in [0, 0.1) is 5.82 Å². The summed E-state index contributed by atoms with van der Waals surface area (Å²) in [7, 11) is 1.53. The predicted octanol–water partition coefficient (Wildman–Crippen LogP) is 4.50. The van der Waals surface area contributed by atoms with Gasteiger partial charge in [0.1, 0.15) is 17.4 Å². The van der Waals surface area contributed by atoms with Crippen molar-refractivity contribution < 1.29 is 9.13 Å². The van der Waals surface area contributed by atoms with Crippen molar-refractivity contribution in [2.45, 2.75) is 0 Å². The second-order valence-electron chi connectivity index (χ2n) is 3.45. The molecule has 0 saturated heterocycles. The van der Waals surface area contributed by atoms with Crippen LogP contribution in [0.3, 0.4) is 0 Å². The average Bonchev–Trinajstić information content (AvgIpc) is 2.35. The van der Waals surface area contributed by atoms with E-state index in [0.717, 1.165) is 8.95 Å². The first-order valence-corrected chi connectivity index (χ1v) is 6.60. The molecular formula is C12H9Br2FN2O. The number of aromatic nitrogens is 1. The van der Waals surface area contributed by atoms with E-state index in [4.69, 9.17) is 4.74 Å². The second kappa shape index (κ2) is 5.67. The van der Waals surface area contributed by atoms with Crippen LogP contribution >= 0.6 is 31.9 Å². The molecule has 0 bridgehead atoms. The topological polar surface area (TPSA) is 34.1 Å². The van der Waals surface area contributed by atoms with Crippen molar-refractivity contribution in [3.63, 3.8) is 0 Å². The number of nitrogens with zero attached hydrogens (tertiary/aromatic N) is 1. The average molecular weight is 376 g/mol. The third-order valence-electron chi connectivity index (χ3n) is 2.23. The number of hydrogen-bond acceptors (Lipinski definition) is 3. The zero-order valence-corrected chi connectivity index (χ0v) is 12.5. The minimum absolute atomic E-state index is 0.310. The molecule has 6 heteroatoms. The molecule has 2 aromatic rings. The number of ether oxygens (including phenoxy) is 1. The number of anilines is 2. The van der Waals surface area contributed by atoms with Crippen molar-refractivity contribution >= 4 is 43.4 Å². The van der Waals surface area contributed by atoms with Gasteiger partial charge in [0, 0.05) is 16.7 Å². The highest BCUT2D eigenvalue weighted by Crippen LogP contribution is 2.29. The van der Waals surface area contributed by atoms with Crippen LogP contribution in [0.1, 0.15) is 0 Å². The molecule has 3 nitrogen and oxygen atoms in total. The lowest BCUT2D eigenvalue weighted by Gasteiger charge is -2.10. The van der Waals surface area contributed by atoms with Crippen LogP contribution in [-0.2, 0) is 0 Å². The van der Waals surface area contributed by atoms with Gasteiger partial charge in [0.05, 0.1) is 17.3 Å². The van der Waals surface area contributed by atoms with Crippen LogP contribution in [-0.4, -0.2) is 12.1 Å². The molecule has 0 atom stereocenters. The van der Waals surface area contributed by atoms with Crippen molar-refractivity contribution in [1.82, 2.24) is 4.98 Å². The normalized spacial score (nSPS) is 10.2. The monoisotopic (exact) mass is 374 g/mol. The van der Waals surface area contributed by atoms with Crippen LogP contribution in [0.15, 0.2) is 39.4 Å². The minimum atomic E-state index is -0.368. The minimum Gasteiger partial charge on any atom is -0.497 e. The van der Waals surface area contributed by atoms with Gasteiger partial charge in [0.15, 0.2) is 0 Å². The van der Waals surface area contributed by atoms with Crippen molar-refractivity contribution in [2.24, 2.45) is 0 Å². The number of halogens is 3. The molecule has 0 saturated carbocycles. The zero-order chi connectivity index (χ0) is 13.1. The molecule has 1 aromatic heterocycles. The van der Waals surface area contributed by atoms with Gasteiger partial charge in [-0.2, -0.15) is 0 Å². The molecule has 1 aromatic carbocycles. The number of benzene rings is 1. The number of hydrogen-bond donors (Lipinski definition) is 1. The SMILES string of the molecule is COc1ccc(F)c(Nc2ncc(Br)cc2Br)c1. The Balaban J connectivity index is 2.33. The highest BCUT2D eigenvalue weighted by molar-refractivity contribution is 9.11. The van der Waals surface area contributed by atoms with E-state index in [-0.39, 0.29) is 5.82 Å². The molecule has 0 aliphatic carbocycles. The van der Waals surface area contributed by atoms with Gasteiger partial charge in [-0.15, -0.1) is 0 Å². The summed E-state index contributed by atoms with van der Waals surface area (Å²) in [6, 6.07) is 6.30. The van der Waals surface area contributed by atoms with E-state index in [1.54, 1.807) is 18.3 Å². The van der Waals surface area contributed by atoms with Crippen LogP contribution in [0.4, 0.5) is 15.9 Å². The van der Waals surface area contributed by atoms with E-state index < -0.39 is 0 Å². The number of nitrogens with one attached hydrogen (secondary N) is 1. The van der Waals surface area contributed by atoms with E-state index >= 15 is 0 Å². The molecule has 2 rings (SSSR count). The van der Waals surface area contributed by atoms with E-state index in [1.165, 1.54) is 13.2 Å². The van der Waals surface area contributed by atoms with Crippen LogP contribution in [0.5, 0.6) is 5.75 Å². The summed E-state index contributed by atoms with van der Waals surface area (Å²) in [5.41, 5.74) is 0.310. The molecule has 0 radical (unpaired) electrons. The summed E-state index contributed by atoms with van der Waals surface area (Å²) < 4.78 is 20.3. The first-order valence-electron chi connectivity index (χ1n) is 5.02. The van der Waals surface area contributed by atoms with Crippen molar-refractivity contribution in [3.05, 3.63) is 45.2 Å². The summed E-state index contributed by atoms with van der Waals surface area (Å²) in [6.07, 6.45) is 1.63. The molecule has 0 aliphatic rings. The third-order valence-corrected chi connectivity index (χ3v) is 3.27. The molecule has 94 valence electrons. The van der Waals surface area contributed by atoms with E-state index in [9.17, 15) is 4.39 Å². The number of pyridine rings is 1. The largest absolute Gasteiger partial charge is 0.497 e. The van der Waals surface area contributed by atoms with Gasteiger partial charge < -0.3 is 10.1 Å². The Morgan fingerprint density at radius 3 is 2.72 bits per heavy atom. The van der Waals surface area contributed by atoms with E-state index in [0.29, 0.717) is 17.3 Å². The van der Waals surface area contributed by atoms with Crippen LogP contribution in [0.25, 0.3) is 0 Å². The molecule has 0 aliphatic heterocycles. The maximum atomic E-state index is 13.6. The van der Waals surface area contributed by atoms with Crippen molar-refractivity contribution in [3.8, 4) is 5.75 Å². The van der Waals surface area contributed by atoms with Crippen LogP contribution < -0.4 is 10.1 Å². The van der Waals surface area contributed by atoms with E-state index in [1.807, 2.05) is 6.07 Å². The van der Waals surface area contributed by atoms with Crippen LogP contribution in [0.2, 0.25) is 0 Å². The Morgan fingerprint density at radius 1 is 1.28 bits per heavy atom. The Labute approximate surface area is 121 Å². The lowest BCUT2D eigenvalue weighted by Crippen LogP contribution is -1.98. The Hall–Kier alpha value is -1.14. The molecular weight excluding hydrogens is 367 g/mol. The Morgan fingerprint density at radius 2 is 2.06 bits per heavy atom. The van der Waals surface area contributed by atoms with Gasteiger partial charge in [-0.25, -0.2) is 9.37 Å². The Kier molecular flexibility index (Phi) is 4.19. The molecule has 1 heterocycles. The quantitative estimate of drug-likeness (QED) is 0.857. The summed E-state index contributed by atoms with van der Waals surface area (Å²) in [5.74, 6) is 0.741. The summed E-state index contributed by atoms with van der Waals surface area (Å²) in [6.45, 7) is 0. The summed E-state index contributed by atoms with van der Waals surface area (Å²) >= 11 is 6.66. The van der Waals surface area contributed by atoms with Gasteiger partial charge in [-0.1, -0.05) is 0 Å². The lowest BCUT2D eigenvalue weighted by atomic mass is 10.3. The molecule has 0 spiro atoms. The van der Waals surface area contributed by atoms with Gasteiger partial charge in [-0.05, 0) is 50.1 Å². The molecule has 18 heavy (non-hydrogen) atoms. The third kappa shape index (κ3) is 3.00. The Bertz CT molecular complexity index is 578. The van der Waals surface area contributed by atoms with Gasteiger partial charge in [-0.3, -0.25) is 0 Å². The standard InChI is InChI=1S/C12H9Br2FN2O/c1-18-8-2-3-10(15)11(5-8)17-12-9(14)4-7(13)6-16-12/h2-6H,1H3,(H,16,17). The molecule has 0 fully saturated rings. The first kappa shape index (κ1) is 13.3. The lowest BCUT2D eigenvalue weighted by molar-refractivity contribution is 0.414. The molecule has 1 N–H and O–H groups in total. The van der Waals surface area contributed by atoms with Crippen molar-refractivity contribution in [1.29, 1.82) is 0 Å². The highest BCUT2D eigenvalue weighted by Gasteiger charge is 2.08. The number of methoxy groups -OCH3 is 1. The first-order chi connectivity index (χ1) is 8.60. The molecule has 0 amide bonds.